The van der Waals surface area contributed by atoms with E-state index in [1.165, 1.54) is 11.0 Å². The number of aromatic amines is 1. The van der Waals surface area contributed by atoms with Gasteiger partial charge in [0.1, 0.15) is 0 Å². The van der Waals surface area contributed by atoms with Gasteiger partial charge < -0.3 is 9.47 Å². The zero-order valence-corrected chi connectivity index (χ0v) is 17.5. The number of aromatic nitrogens is 6. The van der Waals surface area contributed by atoms with E-state index in [0.717, 1.165) is 42.8 Å². The van der Waals surface area contributed by atoms with Crippen LogP contribution in [-0.2, 0) is 13.6 Å². The first-order valence-electron chi connectivity index (χ1n) is 9.89. The zero-order valence-electron chi connectivity index (χ0n) is 16.7. The van der Waals surface area contributed by atoms with Crippen molar-refractivity contribution in [3.63, 3.8) is 0 Å². The lowest BCUT2D eigenvalue weighted by molar-refractivity contribution is 0.514. The van der Waals surface area contributed by atoms with Crippen molar-refractivity contribution in [2.75, 3.05) is 23.7 Å². The van der Waals surface area contributed by atoms with Crippen LogP contribution < -0.4 is 16.1 Å². The number of H-pyrrole nitrogens is 1. The van der Waals surface area contributed by atoms with Crippen molar-refractivity contribution in [1.29, 1.82) is 0 Å². The summed E-state index contributed by atoms with van der Waals surface area (Å²) >= 11 is 1.60. The van der Waals surface area contributed by atoms with Gasteiger partial charge in [0.25, 0.3) is 5.56 Å². The number of nitrogens with zero attached hydrogens (tertiary/aromatic N) is 6. The monoisotopic (exact) mass is 415 g/mol. The van der Waals surface area contributed by atoms with E-state index in [-0.39, 0.29) is 11.5 Å². The fraction of sp³-hybridized carbons (Fsp3) is 0.526. The van der Waals surface area contributed by atoms with Gasteiger partial charge in [-0.1, -0.05) is 18.7 Å². The lowest BCUT2D eigenvalue weighted by atomic mass is 10.1. The quantitative estimate of drug-likeness (QED) is 0.482. The van der Waals surface area contributed by atoms with Crippen molar-refractivity contribution in [3.05, 3.63) is 39.3 Å². The highest BCUT2D eigenvalue weighted by atomic mass is 32.2. The Balaban J connectivity index is 1.68. The van der Waals surface area contributed by atoms with Crippen LogP contribution in [0.15, 0.2) is 33.2 Å². The Morgan fingerprint density at radius 1 is 1.17 bits per heavy atom. The van der Waals surface area contributed by atoms with E-state index in [2.05, 4.69) is 26.8 Å². The van der Waals surface area contributed by atoms with E-state index in [4.69, 9.17) is 4.98 Å². The second kappa shape index (κ2) is 8.40. The van der Waals surface area contributed by atoms with Gasteiger partial charge in [-0.15, -0.1) is 0 Å². The van der Waals surface area contributed by atoms with Crippen LogP contribution in [0.3, 0.4) is 0 Å². The van der Waals surface area contributed by atoms with Crippen LogP contribution >= 0.6 is 11.8 Å². The van der Waals surface area contributed by atoms with E-state index in [9.17, 15) is 9.59 Å². The number of nitrogens with one attached hydrogen (secondary N) is 1. The van der Waals surface area contributed by atoms with Crippen molar-refractivity contribution < 1.29 is 0 Å². The van der Waals surface area contributed by atoms with Crippen molar-refractivity contribution >= 4 is 28.9 Å². The van der Waals surface area contributed by atoms with E-state index in [1.54, 1.807) is 37.3 Å². The van der Waals surface area contributed by atoms with Gasteiger partial charge in [-0.3, -0.25) is 14.3 Å². The van der Waals surface area contributed by atoms with Gasteiger partial charge in [0.15, 0.2) is 16.3 Å². The van der Waals surface area contributed by atoms with E-state index >= 15 is 0 Å². The first-order valence-corrected chi connectivity index (χ1v) is 10.9. The summed E-state index contributed by atoms with van der Waals surface area (Å²) in [6.45, 7) is 4.59. The topological polar surface area (TPSA) is 102 Å². The summed E-state index contributed by atoms with van der Waals surface area (Å²) in [5.41, 5.74) is 0.0679. The molecule has 4 heterocycles. The number of hydrogen-bond donors (Lipinski definition) is 1. The summed E-state index contributed by atoms with van der Waals surface area (Å²) in [6.07, 6.45) is 6.89. The number of thioether (sulfide) groups is 1. The lowest BCUT2D eigenvalue weighted by Gasteiger charge is -2.28. The third-order valence-corrected chi connectivity index (χ3v) is 6.36. The number of imidazole rings is 1. The molecule has 0 aliphatic carbocycles. The molecule has 0 bridgehead atoms. The third kappa shape index (κ3) is 4.07. The molecule has 1 saturated heterocycles. The Morgan fingerprint density at radius 2 is 1.90 bits per heavy atom. The first kappa shape index (κ1) is 19.7. The van der Waals surface area contributed by atoms with E-state index in [1.807, 2.05) is 4.57 Å². The lowest BCUT2D eigenvalue weighted by Crippen LogP contribution is -2.33. The van der Waals surface area contributed by atoms with Gasteiger partial charge in [0, 0.05) is 44.8 Å². The minimum Gasteiger partial charge on any atom is -0.342 e. The average Bonchev–Trinajstić information content (AvgIpc) is 3.12. The number of fused-ring (bicyclic) bond motifs is 1. The van der Waals surface area contributed by atoms with Crippen LogP contribution in [-0.4, -0.2) is 47.9 Å². The van der Waals surface area contributed by atoms with Gasteiger partial charge in [0.2, 0.25) is 5.95 Å². The molecule has 1 aliphatic heterocycles. The molecule has 154 valence electrons. The van der Waals surface area contributed by atoms with E-state index < -0.39 is 5.69 Å². The molecule has 1 N–H and O–H groups in total. The van der Waals surface area contributed by atoms with E-state index in [0.29, 0.717) is 17.7 Å². The minimum absolute atomic E-state index is 0.251. The molecular weight excluding hydrogens is 390 g/mol. The summed E-state index contributed by atoms with van der Waals surface area (Å²) in [7, 11) is 1.64. The number of hydrogen-bond acceptors (Lipinski definition) is 7. The molecule has 0 unspecified atom stereocenters. The molecule has 0 aromatic carbocycles. The first-order chi connectivity index (χ1) is 14.0. The normalized spacial score (nSPS) is 15.7. The molecule has 3 aromatic rings. The predicted octanol–water partition coefficient (Wildman–Crippen LogP) is 1.63. The molecule has 29 heavy (non-hydrogen) atoms. The maximum absolute atomic E-state index is 12.7. The molecule has 3 aromatic heterocycles. The van der Waals surface area contributed by atoms with Crippen molar-refractivity contribution in [2.24, 2.45) is 13.0 Å². The summed E-state index contributed by atoms with van der Waals surface area (Å²) in [5.74, 6) is 1.84. The maximum atomic E-state index is 12.7. The second-order valence-corrected chi connectivity index (χ2v) is 8.50. The zero-order chi connectivity index (χ0) is 20.4. The molecule has 0 saturated carbocycles. The van der Waals surface area contributed by atoms with Crippen molar-refractivity contribution in [3.8, 4) is 0 Å². The highest BCUT2D eigenvalue weighted by molar-refractivity contribution is 7.99. The Bertz CT molecular complexity index is 1100. The standard InChI is InChI=1S/C19H25N7O2S/c1-13(12-29-17-20-7-6-8-21-17)11-26-14-15(24(2)19(28)23-16(14)27)22-18(26)25-9-4-3-5-10-25/h6-8,13H,3-5,9-12H2,1-2H3,(H,23,27,28)/t13-/m0/s1. The Kier molecular flexibility index (Phi) is 5.70. The van der Waals surface area contributed by atoms with Crippen LogP contribution in [0.2, 0.25) is 0 Å². The number of anilines is 1. The molecular formula is C19H25N7O2S. The number of piperidine rings is 1. The van der Waals surface area contributed by atoms with Gasteiger partial charge in [0.05, 0.1) is 0 Å². The summed E-state index contributed by atoms with van der Waals surface area (Å²) in [4.78, 5) is 42.6. The molecule has 1 aliphatic rings. The van der Waals surface area contributed by atoms with Gasteiger partial charge >= 0.3 is 5.69 Å². The summed E-state index contributed by atoms with van der Waals surface area (Å²) in [5, 5.41) is 0.742. The van der Waals surface area contributed by atoms with Gasteiger partial charge in [-0.25, -0.2) is 14.8 Å². The van der Waals surface area contributed by atoms with Crippen LogP contribution in [0.25, 0.3) is 11.2 Å². The maximum Gasteiger partial charge on any atom is 0.329 e. The molecule has 1 atom stereocenters. The smallest absolute Gasteiger partial charge is 0.329 e. The third-order valence-electron chi connectivity index (χ3n) is 5.16. The van der Waals surface area contributed by atoms with Crippen LogP contribution in [0.5, 0.6) is 0 Å². The largest absolute Gasteiger partial charge is 0.342 e. The van der Waals surface area contributed by atoms with Crippen LogP contribution in [0.1, 0.15) is 26.2 Å². The number of rotatable bonds is 6. The average molecular weight is 416 g/mol. The van der Waals surface area contributed by atoms with Crippen LogP contribution in [0, 0.1) is 5.92 Å². The molecule has 0 spiro atoms. The van der Waals surface area contributed by atoms with Crippen molar-refractivity contribution in [1.82, 2.24) is 29.1 Å². The molecule has 0 amide bonds. The summed E-state index contributed by atoms with van der Waals surface area (Å²) in [6, 6.07) is 1.80. The molecule has 9 nitrogen and oxygen atoms in total. The fourth-order valence-electron chi connectivity index (χ4n) is 3.67. The van der Waals surface area contributed by atoms with Gasteiger partial charge in [-0.2, -0.15) is 4.98 Å². The Labute approximate surface area is 172 Å². The van der Waals surface area contributed by atoms with Crippen LogP contribution in [0.4, 0.5) is 5.95 Å². The Morgan fingerprint density at radius 3 is 2.62 bits per heavy atom. The number of aryl methyl sites for hydroxylation is 1. The highest BCUT2D eigenvalue weighted by Crippen LogP contribution is 2.25. The predicted molar refractivity (Wildman–Crippen MR) is 114 cm³/mol. The second-order valence-electron chi connectivity index (χ2n) is 7.51. The van der Waals surface area contributed by atoms with Crippen molar-refractivity contribution in [2.45, 2.75) is 37.9 Å². The summed E-state index contributed by atoms with van der Waals surface area (Å²) < 4.78 is 3.40. The molecule has 4 rings (SSSR count). The van der Waals surface area contributed by atoms with Gasteiger partial charge in [-0.05, 0) is 31.2 Å². The molecule has 1 fully saturated rings. The SMILES string of the molecule is C[C@H](CSc1ncccn1)Cn1c(N2CCCCC2)nc2c1c(=O)[nH]c(=O)n2C. The molecule has 10 heteroatoms. The minimum atomic E-state index is -0.442. The highest BCUT2D eigenvalue weighted by Gasteiger charge is 2.23. The Hall–Kier alpha value is -2.62. The molecule has 0 radical (unpaired) electrons. The fourth-order valence-corrected chi connectivity index (χ4v) is 4.48.